The number of likely N-dealkylation sites (tertiary alicyclic amines) is 1. The van der Waals surface area contributed by atoms with Crippen molar-refractivity contribution in [2.75, 3.05) is 33.4 Å². The van der Waals surface area contributed by atoms with Crippen LogP contribution in [0, 0.1) is 0 Å². The first-order valence-electron chi connectivity index (χ1n) is 8.51. The second-order valence-electron chi connectivity index (χ2n) is 6.61. The number of rotatable bonds is 5. The minimum atomic E-state index is -3.67. The van der Waals surface area contributed by atoms with Crippen LogP contribution in [0.5, 0.6) is 0 Å². The number of carbonyl (C=O) groups is 1. The summed E-state index contributed by atoms with van der Waals surface area (Å²) in [4.78, 5) is 14.8. The number of methoxy groups -OCH3 is 1. The van der Waals surface area contributed by atoms with Gasteiger partial charge in [-0.1, -0.05) is 6.07 Å². The van der Waals surface area contributed by atoms with Crippen molar-refractivity contribution in [3.63, 3.8) is 0 Å². The van der Waals surface area contributed by atoms with Crippen LogP contribution in [0.15, 0.2) is 29.2 Å². The number of aliphatic hydroxyl groups excluding tert-OH is 1. The Labute approximate surface area is 148 Å². The third kappa shape index (κ3) is 3.72. The van der Waals surface area contributed by atoms with Crippen LogP contribution in [0.4, 0.5) is 0 Å². The second kappa shape index (κ2) is 7.41. The maximum Gasteiger partial charge on any atom is 0.254 e. The Bertz CT molecular complexity index is 728. The molecule has 1 unspecified atom stereocenters. The van der Waals surface area contributed by atoms with Crippen molar-refractivity contribution < 1.29 is 23.1 Å². The molecule has 25 heavy (non-hydrogen) atoms. The lowest BCUT2D eigenvalue weighted by atomic mass is 10.0. The van der Waals surface area contributed by atoms with E-state index in [1.54, 1.807) is 24.1 Å². The molecular weight excluding hydrogens is 344 g/mol. The standard InChI is InChI=1S/C17H24N2O5S/c1-24-12-14-6-2-3-8-19(14)17(21)13-5-4-7-16(9-13)25(22,23)18-10-15(20)11-18/h4-5,7,9,14-15,20H,2-3,6,8,10-12H2,1H3. The number of β-amino-alcohol motifs (C(OH)–C–C–N with tert-alkyl or cyclic N) is 1. The van der Waals surface area contributed by atoms with Crippen LogP contribution in [-0.2, 0) is 14.8 Å². The van der Waals surface area contributed by atoms with Gasteiger partial charge in [-0.05, 0) is 37.5 Å². The molecule has 2 aliphatic rings. The number of sulfonamides is 1. The summed E-state index contributed by atoms with van der Waals surface area (Å²) in [6.45, 7) is 1.34. The van der Waals surface area contributed by atoms with Gasteiger partial charge in [0.15, 0.2) is 0 Å². The van der Waals surface area contributed by atoms with Crippen LogP contribution in [0.1, 0.15) is 29.6 Å². The summed E-state index contributed by atoms with van der Waals surface area (Å²) in [5.74, 6) is -0.164. The summed E-state index contributed by atoms with van der Waals surface area (Å²) in [6.07, 6.45) is 2.28. The zero-order valence-electron chi connectivity index (χ0n) is 14.3. The molecule has 0 radical (unpaired) electrons. The molecular formula is C17H24N2O5S. The van der Waals surface area contributed by atoms with Crippen molar-refractivity contribution >= 4 is 15.9 Å². The van der Waals surface area contributed by atoms with Gasteiger partial charge in [0.1, 0.15) is 0 Å². The number of benzene rings is 1. The summed E-state index contributed by atoms with van der Waals surface area (Å²) in [7, 11) is -2.05. The van der Waals surface area contributed by atoms with E-state index in [9.17, 15) is 18.3 Å². The Balaban J connectivity index is 1.82. The molecule has 0 bridgehead atoms. The summed E-state index contributed by atoms with van der Waals surface area (Å²) < 4.78 is 31.5. The molecule has 0 saturated carbocycles. The number of hydrogen-bond acceptors (Lipinski definition) is 5. The average molecular weight is 368 g/mol. The van der Waals surface area contributed by atoms with Crippen LogP contribution in [0.2, 0.25) is 0 Å². The Hall–Kier alpha value is -1.48. The molecule has 1 aromatic rings. The van der Waals surface area contributed by atoms with Crippen molar-refractivity contribution in [3.8, 4) is 0 Å². The van der Waals surface area contributed by atoms with Crippen molar-refractivity contribution in [2.24, 2.45) is 0 Å². The summed E-state index contributed by atoms with van der Waals surface area (Å²) in [6, 6.07) is 6.17. The molecule has 8 heteroatoms. The fraction of sp³-hybridized carbons (Fsp3) is 0.588. The van der Waals surface area contributed by atoms with E-state index < -0.39 is 16.1 Å². The lowest BCUT2D eigenvalue weighted by molar-refractivity contribution is 0.0427. The number of ether oxygens (including phenoxy) is 1. The quantitative estimate of drug-likeness (QED) is 0.826. The van der Waals surface area contributed by atoms with Gasteiger partial charge in [-0.25, -0.2) is 8.42 Å². The highest BCUT2D eigenvalue weighted by atomic mass is 32.2. The van der Waals surface area contributed by atoms with E-state index in [4.69, 9.17) is 4.74 Å². The lowest BCUT2D eigenvalue weighted by Gasteiger charge is -2.36. The molecule has 1 amide bonds. The van der Waals surface area contributed by atoms with Crippen molar-refractivity contribution in [1.82, 2.24) is 9.21 Å². The van der Waals surface area contributed by atoms with Crippen LogP contribution in [0.25, 0.3) is 0 Å². The average Bonchev–Trinajstić information content (AvgIpc) is 2.59. The molecule has 1 atom stereocenters. The number of hydrogen-bond donors (Lipinski definition) is 1. The fourth-order valence-corrected chi connectivity index (χ4v) is 4.91. The summed E-state index contributed by atoms with van der Waals surface area (Å²) >= 11 is 0. The first kappa shape index (κ1) is 18.3. The molecule has 0 spiro atoms. The van der Waals surface area contributed by atoms with Crippen LogP contribution in [0.3, 0.4) is 0 Å². The molecule has 1 aromatic carbocycles. The van der Waals surface area contributed by atoms with Gasteiger partial charge < -0.3 is 14.7 Å². The minimum Gasteiger partial charge on any atom is -0.390 e. The zero-order chi connectivity index (χ0) is 18.0. The van der Waals surface area contributed by atoms with Crippen LogP contribution < -0.4 is 0 Å². The van der Waals surface area contributed by atoms with Gasteiger partial charge in [0.2, 0.25) is 10.0 Å². The molecule has 1 N–H and O–H groups in total. The van der Waals surface area contributed by atoms with Crippen LogP contribution >= 0.6 is 0 Å². The van der Waals surface area contributed by atoms with E-state index in [-0.39, 0.29) is 29.9 Å². The predicted octanol–water partition coefficient (Wildman–Crippen LogP) is 0.693. The third-order valence-electron chi connectivity index (χ3n) is 4.79. The first-order chi connectivity index (χ1) is 11.9. The number of aliphatic hydroxyl groups is 1. The van der Waals surface area contributed by atoms with Crippen molar-refractivity contribution in [3.05, 3.63) is 29.8 Å². The highest BCUT2D eigenvalue weighted by molar-refractivity contribution is 7.89. The van der Waals surface area contributed by atoms with Gasteiger partial charge >= 0.3 is 0 Å². The highest BCUT2D eigenvalue weighted by Crippen LogP contribution is 2.24. The topological polar surface area (TPSA) is 87.2 Å². The Morgan fingerprint density at radius 2 is 2.08 bits per heavy atom. The Kier molecular flexibility index (Phi) is 5.43. The number of piperidine rings is 1. The molecule has 138 valence electrons. The maximum absolute atomic E-state index is 12.9. The molecule has 3 rings (SSSR count). The van der Waals surface area contributed by atoms with E-state index in [1.165, 1.54) is 16.4 Å². The normalized spacial score (nSPS) is 22.6. The minimum absolute atomic E-state index is 0.0250. The number of amides is 1. The second-order valence-corrected chi connectivity index (χ2v) is 8.55. The van der Waals surface area contributed by atoms with E-state index in [2.05, 4.69) is 0 Å². The van der Waals surface area contributed by atoms with Crippen molar-refractivity contribution in [2.45, 2.75) is 36.3 Å². The maximum atomic E-state index is 12.9. The molecule has 0 aliphatic carbocycles. The first-order valence-corrected chi connectivity index (χ1v) is 9.95. The van der Waals surface area contributed by atoms with E-state index >= 15 is 0 Å². The lowest BCUT2D eigenvalue weighted by Crippen LogP contribution is -2.53. The zero-order valence-corrected chi connectivity index (χ0v) is 15.1. The van der Waals surface area contributed by atoms with E-state index in [0.717, 1.165) is 19.3 Å². The van der Waals surface area contributed by atoms with E-state index in [0.29, 0.717) is 18.7 Å². The monoisotopic (exact) mass is 368 g/mol. The summed E-state index contributed by atoms with van der Waals surface area (Å²) in [5.41, 5.74) is 0.366. The largest absolute Gasteiger partial charge is 0.390 e. The molecule has 2 saturated heterocycles. The van der Waals surface area contributed by atoms with E-state index in [1.807, 2.05) is 0 Å². The van der Waals surface area contributed by atoms with Gasteiger partial charge in [0.25, 0.3) is 5.91 Å². The fourth-order valence-electron chi connectivity index (χ4n) is 3.35. The third-order valence-corrected chi connectivity index (χ3v) is 6.62. The number of carbonyl (C=O) groups excluding carboxylic acids is 1. The van der Waals surface area contributed by atoms with Gasteiger partial charge in [-0.15, -0.1) is 0 Å². The van der Waals surface area contributed by atoms with Crippen LogP contribution in [-0.4, -0.2) is 74.1 Å². The molecule has 0 aromatic heterocycles. The number of nitrogens with zero attached hydrogens (tertiary/aromatic N) is 2. The predicted molar refractivity (Wildman–Crippen MR) is 91.8 cm³/mol. The molecule has 2 aliphatic heterocycles. The van der Waals surface area contributed by atoms with Gasteiger partial charge in [-0.2, -0.15) is 4.31 Å². The Morgan fingerprint density at radius 3 is 2.76 bits per heavy atom. The summed E-state index contributed by atoms with van der Waals surface area (Å²) in [5, 5.41) is 9.34. The molecule has 2 heterocycles. The Morgan fingerprint density at radius 1 is 1.32 bits per heavy atom. The highest BCUT2D eigenvalue weighted by Gasteiger charge is 2.36. The smallest absolute Gasteiger partial charge is 0.254 e. The van der Waals surface area contributed by atoms with Crippen molar-refractivity contribution in [1.29, 1.82) is 0 Å². The molecule has 2 fully saturated rings. The van der Waals surface area contributed by atoms with Gasteiger partial charge in [0.05, 0.1) is 23.6 Å². The SMILES string of the molecule is COCC1CCCCN1C(=O)c1cccc(S(=O)(=O)N2CC(O)C2)c1. The molecule has 7 nitrogen and oxygen atoms in total. The van der Waals surface area contributed by atoms with Gasteiger partial charge in [0, 0.05) is 32.3 Å². The van der Waals surface area contributed by atoms with Gasteiger partial charge in [-0.3, -0.25) is 4.79 Å².